The molecule has 1 aliphatic heterocycles. The third-order valence-electron chi connectivity index (χ3n) is 3.65. The van der Waals surface area contributed by atoms with Gasteiger partial charge < -0.3 is 15.5 Å². The maximum absolute atomic E-state index is 12.8. The van der Waals surface area contributed by atoms with Gasteiger partial charge in [-0.1, -0.05) is 0 Å². The zero-order valence-electron chi connectivity index (χ0n) is 11.9. The molecule has 1 fully saturated rings. The smallest absolute Gasteiger partial charge is 0.384 e. The topological polar surface area (TPSA) is 69.2 Å². The zero-order valence-corrected chi connectivity index (χ0v) is 11.9. The Kier molecular flexibility index (Phi) is 4.08. The molecule has 1 aromatic heterocycles. The highest BCUT2D eigenvalue weighted by Crippen LogP contribution is 2.31. The molecule has 0 aliphatic carbocycles. The number of halogens is 3. The van der Waals surface area contributed by atoms with Crippen molar-refractivity contribution in [2.45, 2.75) is 18.6 Å². The molecule has 0 spiro atoms. The number of anilines is 1. The summed E-state index contributed by atoms with van der Waals surface area (Å²) in [5.41, 5.74) is 4.74. The van der Waals surface area contributed by atoms with Gasteiger partial charge in [-0.05, 0) is 32.6 Å². The first-order valence-electron chi connectivity index (χ1n) is 6.54. The van der Waals surface area contributed by atoms with E-state index in [2.05, 4.69) is 4.98 Å². The van der Waals surface area contributed by atoms with Gasteiger partial charge in [0, 0.05) is 19.1 Å². The molecule has 1 atom stereocenters. The van der Waals surface area contributed by atoms with Crippen molar-refractivity contribution < 1.29 is 13.2 Å². The lowest BCUT2D eigenvalue weighted by molar-refractivity contribution is -0.141. The highest BCUT2D eigenvalue weighted by Gasteiger charge is 2.35. The summed E-state index contributed by atoms with van der Waals surface area (Å²) in [6, 6.07) is 2.33. The van der Waals surface area contributed by atoms with Crippen LogP contribution in [0.25, 0.3) is 0 Å². The molecular weight excluding hydrogens is 283 g/mol. The van der Waals surface area contributed by atoms with Crippen LogP contribution in [0.1, 0.15) is 17.7 Å². The number of nitrogens with zero attached hydrogens (tertiary/aromatic N) is 3. The monoisotopic (exact) mass is 301 g/mol. The van der Waals surface area contributed by atoms with E-state index in [4.69, 9.17) is 11.1 Å². The molecule has 1 unspecified atom stereocenters. The average molecular weight is 301 g/mol. The quantitative estimate of drug-likeness (QED) is 0.656. The van der Waals surface area contributed by atoms with Gasteiger partial charge in [-0.15, -0.1) is 0 Å². The molecule has 0 radical (unpaired) electrons. The van der Waals surface area contributed by atoms with Gasteiger partial charge >= 0.3 is 6.18 Å². The molecule has 1 aromatic rings. The minimum Gasteiger partial charge on any atom is -0.384 e. The molecule has 116 valence electrons. The van der Waals surface area contributed by atoms with Gasteiger partial charge in [0.15, 0.2) is 0 Å². The van der Waals surface area contributed by atoms with E-state index in [1.54, 1.807) is 4.90 Å². The zero-order chi connectivity index (χ0) is 15.8. The number of nitrogen functional groups attached to an aromatic ring is 1. The van der Waals surface area contributed by atoms with E-state index in [0.29, 0.717) is 13.1 Å². The minimum atomic E-state index is -4.51. The van der Waals surface area contributed by atoms with Crippen LogP contribution in [0.5, 0.6) is 0 Å². The van der Waals surface area contributed by atoms with Crippen molar-refractivity contribution in [2.24, 2.45) is 5.73 Å². The summed E-state index contributed by atoms with van der Waals surface area (Å²) in [6.45, 7) is 1.17. The predicted molar refractivity (Wildman–Crippen MR) is 74.6 cm³/mol. The Morgan fingerprint density at radius 2 is 2.10 bits per heavy atom. The number of amidine groups is 1. The predicted octanol–water partition coefficient (Wildman–Crippen LogP) is 1.52. The Balaban J connectivity index is 2.38. The molecule has 2 rings (SSSR count). The van der Waals surface area contributed by atoms with Crippen LogP contribution in [-0.2, 0) is 6.18 Å². The molecule has 0 aromatic carbocycles. The summed E-state index contributed by atoms with van der Waals surface area (Å²) in [6.07, 6.45) is -3.67. The van der Waals surface area contributed by atoms with E-state index in [1.807, 2.05) is 19.0 Å². The van der Waals surface area contributed by atoms with Crippen LogP contribution < -0.4 is 10.6 Å². The van der Waals surface area contributed by atoms with E-state index >= 15 is 0 Å². The molecule has 1 saturated heterocycles. The van der Waals surface area contributed by atoms with Crippen molar-refractivity contribution in [1.82, 2.24) is 9.88 Å². The minimum absolute atomic E-state index is 0.140. The van der Waals surface area contributed by atoms with E-state index in [-0.39, 0.29) is 23.3 Å². The van der Waals surface area contributed by atoms with Crippen molar-refractivity contribution >= 4 is 11.7 Å². The van der Waals surface area contributed by atoms with Crippen LogP contribution in [0.3, 0.4) is 0 Å². The number of alkyl halides is 3. The molecule has 8 heteroatoms. The van der Waals surface area contributed by atoms with E-state index < -0.39 is 11.9 Å². The highest BCUT2D eigenvalue weighted by atomic mass is 19.4. The normalized spacial score (nSPS) is 19.3. The Bertz CT molecular complexity index is 541. The average Bonchev–Trinajstić information content (AvgIpc) is 2.86. The third kappa shape index (κ3) is 3.26. The molecule has 1 aliphatic rings. The lowest BCUT2D eigenvalue weighted by Gasteiger charge is -2.23. The number of likely N-dealkylation sites (N-methyl/N-ethyl adjacent to an activating group) is 1. The fraction of sp³-hybridized carbons (Fsp3) is 0.538. The SMILES string of the molecule is CN(C)C1CCN(c2nc(C(F)(F)F)ccc2C(=N)N)C1. The van der Waals surface area contributed by atoms with Gasteiger partial charge in [0.1, 0.15) is 17.3 Å². The Labute approximate surface area is 121 Å². The number of rotatable bonds is 3. The highest BCUT2D eigenvalue weighted by molar-refractivity contribution is 5.99. The first kappa shape index (κ1) is 15.6. The number of pyridine rings is 1. The molecule has 3 N–H and O–H groups in total. The van der Waals surface area contributed by atoms with Crippen LogP contribution >= 0.6 is 0 Å². The van der Waals surface area contributed by atoms with Crippen molar-refractivity contribution in [3.63, 3.8) is 0 Å². The first-order valence-corrected chi connectivity index (χ1v) is 6.54. The van der Waals surface area contributed by atoms with Crippen LogP contribution in [0, 0.1) is 5.41 Å². The summed E-state index contributed by atoms with van der Waals surface area (Å²) in [7, 11) is 3.86. The lowest BCUT2D eigenvalue weighted by atomic mass is 10.2. The summed E-state index contributed by atoms with van der Waals surface area (Å²) in [5, 5.41) is 7.52. The summed E-state index contributed by atoms with van der Waals surface area (Å²) in [5.74, 6) is -0.138. The van der Waals surface area contributed by atoms with Crippen molar-refractivity contribution in [3.05, 3.63) is 23.4 Å². The molecule has 21 heavy (non-hydrogen) atoms. The second-order valence-corrected chi connectivity index (χ2v) is 5.33. The second-order valence-electron chi connectivity index (χ2n) is 5.33. The standard InChI is InChI=1S/C13H18F3N5/c1-20(2)8-5-6-21(7-8)12-9(11(17)18)3-4-10(19-12)13(14,15)16/h3-4,8H,5-7H2,1-2H3,(H3,17,18). The van der Waals surface area contributed by atoms with E-state index in [1.165, 1.54) is 6.07 Å². The maximum atomic E-state index is 12.8. The van der Waals surface area contributed by atoms with Crippen molar-refractivity contribution in [2.75, 3.05) is 32.1 Å². The number of nitrogens with one attached hydrogen (secondary N) is 1. The van der Waals surface area contributed by atoms with Gasteiger partial charge in [0.25, 0.3) is 0 Å². The summed E-state index contributed by atoms with van der Waals surface area (Å²) < 4.78 is 38.5. The third-order valence-corrected chi connectivity index (χ3v) is 3.65. The lowest BCUT2D eigenvalue weighted by Crippen LogP contribution is -2.33. The van der Waals surface area contributed by atoms with Gasteiger partial charge in [-0.2, -0.15) is 13.2 Å². The van der Waals surface area contributed by atoms with Crippen LogP contribution in [0.2, 0.25) is 0 Å². The first-order chi connectivity index (χ1) is 9.70. The van der Waals surface area contributed by atoms with E-state index in [9.17, 15) is 13.2 Å². The van der Waals surface area contributed by atoms with Crippen LogP contribution in [0.4, 0.5) is 19.0 Å². The molecule has 0 amide bonds. The van der Waals surface area contributed by atoms with Gasteiger partial charge in [-0.3, -0.25) is 5.41 Å². The number of nitrogens with two attached hydrogens (primary N) is 1. The van der Waals surface area contributed by atoms with Crippen molar-refractivity contribution in [3.8, 4) is 0 Å². The molecule has 0 saturated carbocycles. The van der Waals surface area contributed by atoms with Gasteiger partial charge in [0.05, 0.1) is 5.56 Å². The fourth-order valence-electron chi connectivity index (χ4n) is 2.41. The molecule has 2 heterocycles. The van der Waals surface area contributed by atoms with Crippen LogP contribution in [0.15, 0.2) is 12.1 Å². The maximum Gasteiger partial charge on any atom is 0.433 e. The van der Waals surface area contributed by atoms with Crippen LogP contribution in [-0.4, -0.2) is 48.9 Å². The Hall–Kier alpha value is -1.83. The number of aromatic nitrogens is 1. The van der Waals surface area contributed by atoms with E-state index in [0.717, 1.165) is 12.5 Å². The second kappa shape index (κ2) is 5.51. The Morgan fingerprint density at radius 3 is 2.57 bits per heavy atom. The summed E-state index contributed by atoms with van der Waals surface area (Å²) in [4.78, 5) is 7.49. The Morgan fingerprint density at radius 1 is 1.43 bits per heavy atom. The van der Waals surface area contributed by atoms with Gasteiger partial charge in [-0.25, -0.2) is 4.98 Å². The fourth-order valence-corrected chi connectivity index (χ4v) is 2.41. The number of hydrogen-bond donors (Lipinski definition) is 2. The molecular formula is C13H18F3N5. The largest absolute Gasteiger partial charge is 0.433 e. The number of hydrogen-bond acceptors (Lipinski definition) is 4. The van der Waals surface area contributed by atoms with Gasteiger partial charge in [0.2, 0.25) is 0 Å². The van der Waals surface area contributed by atoms with Crippen molar-refractivity contribution in [1.29, 1.82) is 5.41 Å². The summed E-state index contributed by atoms with van der Waals surface area (Å²) >= 11 is 0. The molecule has 5 nitrogen and oxygen atoms in total. The molecule has 0 bridgehead atoms.